The van der Waals surface area contributed by atoms with Crippen molar-refractivity contribution in [3.8, 4) is 11.8 Å². The van der Waals surface area contributed by atoms with Crippen LogP contribution in [0.5, 0.6) is 0 Å². The molecular weight excluding hydrogens is 490 g/mol. The molecule has 0 unspecified atom stereocenters. The van der Waals surface area contributed by atoms with E-state index >= 15 is 0 Å². The number of likely N-dealkylation sites (tertiary alicyclic amines) is 1. The number of nitrogens with two attached hydrogens (primary N) is 1. The van der Waals surface area contributed by atoms with Gasteiger partial charge in [0.1, 0.15) is 11.4 Å². The number of benzene rings is 1. The lowest BCUT2D eigenvalue weighted by molar-refractivity contribution is -0.125. The molecule has 1 aliphatic heterocycles. The van der Waals surface area contributed by atoms with E-state index in [0.29, 0.717) is 47.9 Å². The Kier molecular flexibility index (Phi) is 5.72. The van der Waals surface area contributed by atoms with E-state index in [0.717, 1.165) is 36.6 Å². The first kappa shape index (κ1) is 23.6. The highest BCUT2D eigenvalue weighted by Crippen LogP contribution is 2.47. The van der Waals surface area contributed by atoms with Crippen LogP contribution in [0.4, 0.5) is 5.82 Å². The Bertz CT molecular complexity index is 1520. The summed E-state index contributed by atoms with van der Waals surface area (Å²) < 4.78 is 3.85. The Morgan fingerprint density at radius 2 is 1.97 bits per heavy atom. The molecule has 2 amide bonds. The molecule has 1 aromatic carbocycles. The fraction of sp³-hybridized carbons (Fsp3) is 0.407. The molecule has 3 aliphatic rings. The van der Waals surface area contributed by atoms with Crippen LogP contribution in [-0.4, -0.2) is 56.4 Å². The molecule has 3 aromatic rings. The van der Waals surface area contributed by atoms with E-state index in [-0.39, 0.29) is 23.2 Å². The van der Waals surface area contributed by atoms with Gasteiger partial charge in [-0.1, -0.05) is 24.1 Å². The molecule has 1 atom stereocenters. The van der Waals surface area contributed by atoms with Crippen LogP contribution < -0.4 is 11.1 Å². The number of carbonyl (C=O) groups excluding carboxylic acids is 2. The van der Waals surface area contributed by atoms with Gasteiger partial charge in [-0.3, -0.25) is 14.3 Å². The number of amides is 2. The summed E-state index contributed by atoms with van der Waals surface area (Å²) >= 11 is 6.77. The molecule has 2 aromatic heterocycles. The first-order valence-electron chi connectivity index (χ1n) is 12.6. The Hall–Kier alpha value is -3.77. The van der Waals surface area contributed by atoms with Crippen LogP contribution >= 0.6 is 11.6 Å². The fourth-order valence-electron chi connectivity index (χ4n) is 5.32. The molecule has 190 valence electrons. The first-order valence-corrected chi connectivity index (χ1v) is 13.0. The molecule has 0 spiro atoms. The van der Waals surface area contributed by atoms with Gasteiger partial charge in [-0.25, -0.2) is 4.68 Å². The van der Waals surface area contributed by atoms with Crippen molar-refractivity contribution in [3.05, 3.63) is 52.3 Å². The summed E-state index contributed by atoms with van der Waals surface area (Å²) in [5, 5.41) is 13.9. The van der Waals surface area contributed by atoms with Gasteiger partial charge in [-0.05, 0) is 61.6 Å². The number of nitrogens with one attached hydrogen (secondary N) is 1. The molecule has 1 saturated heterocycles. The van der Waals surface area contributed by atoms with Crippen molar-refractivity contribution < 1.29 is 9.59 Å². The predicted octanol–water partition coefficient (Wildman–Crippen LogP) is 3.60. The van der Waals surface area contributed by atoms with E-state index < -0.39 is 5.91 Å². The molecule has 9 nitrogen and oxygen atoms in total. The number of hydrogen-bond acceptors (Lipinski definition) is 5. The zero-order valence-corrected chi connectivity index (χ0v) is 21.4. The van der Waals surface area contributed by atoms with Crippen molar-refractivity contribution in [2.75, 3.05) is 25.5 Å². The number of carbonyl (C=O) groups is 2. The lowest BCUT2D eigenvalue weighted by Gasteiger charge is -2.16. The third-order valence-corrected chi connectivity index (χ3v) is 7.76. The Morgan fingerprint density at radius 3 is 2.62 bits per heavy atom. The first-order chi connectivity index (χ1) is 17.9. The monoisotopic (exact) mass is 517 g/mol. The lowest BCUT2D eigenvalue weighted by atomic mass is 10.0. The van der Waals surface area contributed by atoms with Crippen molar-refractivity contribution in [1.82, 2.24) is 24.5 Å². The molecule has 0 bridgehead atoms. The van der Waals surface area contributed by atoms with Gasteiger partial charge in [0.2, 0.25) is 5.91 Å². The molecule has 3 fully saturated rings. The average Bonchev–Trinajstić information content (AvgIpc) is 3.78. The Morgan fingerprint density at radius 1 is 1.19 bits per heavy atom. The van der Waals surface area contributed by atoms with Crippen LogP contribution in [0, 0.1) is 11.8 Å². The van der Waals surface area contributed by atoms with Crippen LogP contribution in [0.3, 0.4) is 0 Å². The smallest absolute Gasteiger partial charge is 0.255 e. The highest BCUT2D eigenvalue weighted by atomic mass is 35.5. The van der Waals surface area contributed by atoms with Crippen LogP contribution in [-0.2, 0) is 4.79 Å². The standard InChI is InChI=1S/C27H28ClN7O2/c1-3-23(36)33-11-10-17(14-33)35-27(30-2)24(26(29)37)22(32-35)9-8-18-20-13-31-34(16-6-7-16)25(20)19(12-21(18)28)15-4-5-15/h3,12-13,15-17,30H,1,4-7,10-11,14H2,2H3,(H2,29,37)/t17-/m0/s1. The molecule has 6 rings (SSSR count). The van der Waals surface area contributed by atoms with Gasteiger partial charge in [0.05, 0.1) is 34.4 Å². The molecule has 10 heteroatoms. The number of halogens is 1. The summed E-state index contributed by atoms with van der Waals surface area (Å²) in [6, 6.07) is 2.35. The quantitative estimate of drug-likeness (QED) is 0.383. The molecular formula is C27H28ClN7O2. The molecule has 3 heterocycles. The van der Waals surface area contributed by atoms with Crippen molar-refractivity contribution in [2.45, 2.75) is 50.1 Å². The minimum absolute atomic E-state index is 0.120. The number of rotatable bonds is 6. The van der Waals surface area contributed by atoms with Gasteiger partial charge in [-0.2, -0.15) is 10.2 Å². The zero-order chi connectivity index (χ0) is 25.8. The molecule has 2 saturated carbocycles. The average molecular weight is 518 g/mol. The predicted molar refractivity (Wildman–Crippen MR) is 142 cm³/mol. The summed E-state index contributed by atoms with van der Waals surface area (Å²) in [5.41, 5.74) is 9.31. The number of fused-ring (bicyclic) bond motifs is 1. The number of anilines is 1. The van der Waals surface area contributed by atoms with E-state index in [9.17, 15) is 9.59 Å². The van der Waals surface area contributed by atoms with E-state index in [4.69, 9.17) is 17.3 Å². The zero-order valence-electron chi connectivity index (χ0n) is 20.6. The maximum Gasteiger partial charge on any atom is 0.255 e. The van der Waals surface area contributed by atoms with Gasteiger partial charge in [0, 0.05) is 25.5 Å². The maximum absolute atomic E-state index is 12.5. The normalized spacial score (nSPS) is 19.1. The minimum atomic E-state index is -0.626. The molecule has 37 heavy (non-hydrogen) atoms. The van der Waals surface area contributed by atoms with Crippen molar-refractivity contribution in [2.24, 2.45) is 5.73 Å². The topological polar surface area (TPSA) is 111 Å². The molecule has 0 radical (unpaired) electrons. The number of nitrogens with zero attached hydrogens (tertiary/aromatic N) is 5. The third-order valence-electron chi connectivity index (χ3n) is 7.46. The molecule has 3 N–H and O–H groups in total. The van der Waals surface area contributed by atoms with Crippen LogP contribution in [0.1, 0.15) is 77.3 Å². The highest BCUT2D eigenvalue weighted by molar-refractivity contribution is 6.33. The minimum Gasteiger partial charge on any atom is -0.373 e. The van der Waals surface area contributed by atoms with Crippen LogP contribution in [0.15, 0.2) is 24.9 Å². The highest BCUT2D eigenvalue weighted by Gasteiger charge is 2.33. The summed E-state index contributed by atoms with van der Waals surface area (Å²) in [6.45, 7) is 4.61. The van der Waals surface area contributed by atoms with Gasteiger partial charge >= 0.3 is 0 Å². The third kappa shape index (κ3) is 4.05. The Balaban J connectivity index is 1.43. The summed E-state index contributed by atoms with van der Waals surface area (Å²) in [4.78, 5) is 26.3. The van der Waals surface area contributed by atoms with Crippen LogP contribution in [0.25, 0.3) is 10.9 Å². The largest absolute Gasteiger partial charge is 0.373 e. The lowest BCUT2D eigenvalue weighted by Crippen LogP contribution is -2.27. The fourth-order valence-corrected chi connectivity index (χ4v) is 5.59. The SMILES string of the molecule is C=CC(=O)N1CC[C@H](n2nc(C#Cc3c(Cl)cc(C4CC4)c4c3cnn4C3CC3)c(C(N)=O)c2NC)C1. The van der Waals surface area contributed by atoms with Gasteiger partial charge < -0.3 is 16.0 Å². The van der Waals surface area contributed by atoms with Gasteiger partial charge in [0.25, 0.3) is 5.91 Å². The number of aromatic nitrogens is 4. The van der Waals surface area contributed by atoms with Crippen molar-refractivity contribution in [3.63, 3.8) is 0 Å². The summed E-state index contributed by atoms with van der Waals surface area (Å²) in [5.74, 6) is 6.53. The second-order valence-corrected chi connectivity index (χ2v) is 10.4. The van der Waals surface area contributed by atoms with Crippen LogP contribution in [0.2, 0.25) is 5.02 Å². The van der Waals surface area contributed by atoms with E-state index in [2.05, 4.69) is 38.6 Å². The summed E-state index contributed by atoms with van der Waals surface area (Å²) in [6.07, 6.45) is 8.44. The van der Waals surface area contributed by atoms with E-state index in [1.54, 1.807) is 16.6 Å². The van der Waals surface area contributed by atoms with Crippen molar-refractivity contribution >= 4 is 40.1 Å². The second-order valence-electron chi connectivity index (χ2n) is 9.99. The number of primary amides is 1. The van der Waals surface area contributed by atoms with Gasteiger partial charge in [0.15, 0.2) is 5.69 Å². The van der Waals surface area contributed by atoms with Crippen molar-refractivity contribution in [1.29, 1.82) is 0 Å². The maximum atomic E-state index is 12.5. The second kappa shape index (κ2) is 8.96. The van der Waals surface area contributed by atoms with Gasteiger partial charge in [-0.15, -0.1) is 0 Å². The Labute approximate surface area is 219 Å². The molecule has 2 aliphatic carbocycles. The van der Waals surface area contributed by atoms with E-state index in [1.807, 2.05) is 12.3 Å². The van der Waals surface area contributed by atoms with E-state index in [1.165, 1.54) is 11.6 Å². The number of hydrogen-bond donors (Lipinski definition) is 2. The summed E-state index contributed by atoms with van der Waals surface area (Å²) in [7, 11) is 1.71.